The van der Waals surface area contributed by atoms with E-state index in [4.69, 9.17) is 0 Å². The van der Waals surface area contributed by atoms with Gasteiger partial charge in [-0.3, -0.25) is 0 Å². The van der Waals surface area contributed by atoms with Gasteiger partial charge in [-0.05, 0) is 82.6 Å². The Hall–Kier alpha value is -6.38. The zero-order chi connectivity index (χ0) is 32.1. The summed E-state index contributed by atoms with van der Waals surface area (Å²) in [7, 11) is 0. The summed E-state index contributed by atoms with van der Waals surface area (Å²) < 4.78 is 0. The summed E-state index contributed by atoms with van der Waals surface area (Å²) >= 11 is 0. The fourth-order valence-electron chi connectivity index (χ4n) is 6.64. The Morgan fingerprint density at radius 1 is 0.271 bits per heavy atom. The van der Waals surface area contributed by atoms with Crippen molar-refractivity contribution in [3.05, 3.63) is 205 Å². The van der Waals surface area contributed by atoms with Crippen molar-refractivity contribution in [3.63, 3.8) is 0 Å². The van der Waals surface area contributed by atoms with Crippen LogP contribution in [0.15, 0.2) is 194 Å². The van der Waals surface area contributed by atoms with Gasteiger partial charge in [0.05, 0.1) is 5.69 Å². The summed E-state index contributed by atoms with van der Waals surface area (Å²) in [5.74, 6) is 0. The Morgan fingerprint density at radius 2 is 0.604 bits per heavy atom. The molecule has 0 saturated heterocycles. The van der Waals surface area contributed by atoms with Crippen molar-refractivity contribution in [2.75, 3.05) is 9.80 Å². The molecule has 0 saturated carbocycles. The number of rotatable bonds is 8. The van der Waals surface area contributed by atoms with Gasteiger partial charge in [0, 0.05) is 39.2 Å². The molecular weight excluding hydrogens is 581 g/mol. The van der Waals surface area contributed by atoms with Crippen LogP contribution in [0.25, 0.3) is 33.7 Å². The summed E-state index contributed by atoms with van der Waals surface area (Å²) in [5, 5.41) is 4.85. The molecule has 8 aromatic carbocycles. The van der Waals surface area contributed by atoms with Gasteiger partial charge in [-0.1, -0.05) is 146 Å². The largest absolute Gasteiger partial charge is 0.311 e. The molecule has 48 heavy (non-hydrogen) atoms. The van der Waals surface area contributed by atoms with E-state index < -0.39 is 0 Å². The van der Waals surface area contributed by atoms with E-state index in [1.54, 1.807) is 0 Å². The van der Waals surface area contributed by atoms with Crippen LogP contribution in [0, 0.1) is 0 Å². The third kappa shape index (κ3) is 5.61. The monoisotopic (exact) mass is 614 g/mol. The molecule has 0 atom stereocenters. The Morgan fingerprint density at radius 3 is 1.02 bits per heavy atom. The minimum absolute atomic E-state index is 1.12. The third-order valence-corrected chi connectivity index (χ3v) is 8.82. The normalized spacial score (nSPS) is 11.2. The quantitative estimate of drug-likeness (QED) is 0.124. The molecule has 8 aromatic rings. The van der Waals surface area contributed by atoms with Gasteiger partial charge >= 0.3 is 0 Å². The van der Waals surface area contributed by atoms with E-state index in [0.717, 1.165) is 34.0 Å². The van der Waals surface area contributed by atoms with Crippen molar-refractivity contribution in [2.24, 2.45) is 0 Å². The Labute approximate surface area is 282 Å². The minimum atomic E-state index is 1.12. The molecule has 2 nitrogen and oxygen atoms in total. The fourth-order valence-corrected chi connectivity index (χ4v) is 6.64. The van der Waals surface area contributed by atoms with Crippen molar-refractivity contribution >= 4 is 67.8 Å². The zero-order valence-corrected chi connectivity index (χ0v) is 26.5. The summed E-state index contributed by atoms with van der Waals surface area (Å²) in [5.41, 5.74) is 9.17. The first-order valence-corrected chi connectivity index (χ1v) is 16.4. The van der Waals surface area contributed by atoms with Crippen LogP contribution >= 0.6 is 0 Å². The fraction of sp³-hybridized carbons (Fsp3) is 0. The van der Waals surface area contributed by atoms with E-state index in [0.29, 0.717) is 0 Å². The van der Waals surface area contributed by atoms with Crippen LogP contribution in [0.2, 0.25) is 0 Å². The van der Waals surface area contributed by atoms with Crippen LogP contribution < -0.4 is 9.80 Å². The molecule has 0 aliphatic rings. The molecular formula is C46H34N2. The van der Waals surface area contributed by atoms with Gasteiger partial charge in [-0.15, -0.1) is 0 Å². The average molecular weight is 615 g/mol. The number of benzene rings is 8. The maximum absolute atomic E-state index is 2.39. The van der Waals surface area contributed by atoms with Gasteiger partial charge in [0.2, 0.25) is 0 Å². The molecule has 0 radical (unpaired) electrons. The summed E-state index contributed by atoms with van der Waals surface area (Å²) in [6.07, 6.45) is 4.52. The highest BCUT2D eigenvalue weighted by atomic mass is 15.1. The highest BCUT2D eigenvalue weighted by Crippen LogP contribution is 2.45. The second-order valence-electron chi connectivity index (χ2n) is 11.8. The molecule has 228 valence electrons. The molecule has 0 heterocycles. The van der Waals surface area contributed by atoms with Gasteiger partial charge in [0.25, 0.3) is 0 Å². The Bertz CT molecular complexity index is 2180. The molecule has 8 rings (SSSR count). The van der Waals surface area contributed by atoms with Crippen LogP contribution in [-0.2, 0) is 0 Å². The SMILES string of the molecule is C(=C\c1c2ccccc2c(N(c2ccccc2)c2ccccc2)c2ccccc12)/c1ccc(N(c2ccccc2)c2ccccc2)cc1. The predicted octanol–water partition coefficient (Wildman–Crippen LogP) is 13.1. The van der Waals surface area contributed by atoms with E-state index in [1.165, 1.54) is 32.8 Å². The van der Waals surface area contributed by atoms with Crippen molar-refractivity contribution in [1.82, 2.24) is 0 Å². The van der Waals surface area contributed by atoms with Crippen molar-refractivity contribution in [1.29, 1.82) is 0 Å². The number of para-hydroxylation sites is 4. The first-order valence-electron chi connectivity index (χ1n) is 16.4. The lowest BCUT2D eigenvalue weighted by Crippen LogP contribution is -2.11. The highest BCUT2D eigenvalue weighted by molar-refractivity contribution is 6.19. The molecule has 0 bridgehead atoms. The second kappa shape index (κ2) is 13.2. The molecule has 0 unspecified atom stereocenters. The molecule has 0 aromatic heterocycles. The van der Waals surface area contributed by atoms with E-state index >= 15 is 0 Å². The van der Waals surface area contributed by atoms with Crippen LogP contribution in [0.4, 0.5) is 34.1 Å². The molecule has 0 spiro atoms. The lowest BCUT2D eigenvalue weighted by molar-refractivity contribution is 1.28. The van der Waals surface area contributed by atoms with Crippen LogP contribution in [0.3, 0.4) is 0 Å². The summed E-state index contributed by atoms with van der Waals surface area (Å²) in [6.45, 7) is 0. The first kappa shape index (κ1) is 29.1. The van der Waals surface area contributed by atoms with Gasteiger partial charge < -0.3 is 9.80 Å². The number of anilines is 6. The molecule has 2 heteroatoms. The van der Waals surface area contributed by atoms with Gasteiger partial charge in [0.1, 0.15) is 0 Å². The highest BCUT2D eigenvalue weighted by Gasteiger charge is 2.20. The summed E-state index contributed by atoms with van der Waals surface area (Å²) in [6, 6.07) is 68.8. The van der Waals surface area contributed by atoms with E-state index in [9.17, 15) is 0 Å². The smallest absolute Gasteiger partial charge is 0.0618 e. The van der Waals surface area contributed by atoms with Crippen molar-refractivity contribution in [2.45, 2.75) is 0 Å². The number of hydrogen-bond acceptors (Lipinski definition) is 2. The Balaban J connectivity index is 1.24. The van der Waals surface area contributed by atoms with Crippen molar-refractivity contribution in [3.8, 4) is 0 Å². The van der Waals surface area contributed by atoms with Crippen LogP contribution in [0.1, 0.15) is 11.1 Å². The van der Waals surface area contributed by atoms with Gasteiger partial charge in [-0.2, -0.15) is 0 Å². The number of nitrogens with zero attached hydrogens (tertiary/aromatic N) is 2. The second-order valence-corrected chi connectivity index (χ2v) is 11.8. The Kier molecular flexibility index (Phi) is 7.96. The van der Waals surface area contributed by atoms with E-state index in [1.807, 2.05) is 0 Å². The summed E-state index contributed by atoms with van der Waals surface area (Å²) in [4.78, 5) is 4.68. The first-order chi connectivity index (χ1) is 23.8. The van der Waals surface area contributed by atoms with Gasteiger partial charge in [0.15, 0.2) is 0 Å². The standard InChI is InChI=1S/C46H34N2/c1-5-17-36(18-6-1)47(37-19-7-2-8-20-37)40-32-29-35(30-33-40)31-34-43-41-25-13-15-27-44(41)46(45-28-16-14-26-42(43)45)48(38-21-9-3-10-22-38)39-23-11-4-12-24-39/h1-34H/b34-31+. The van der Waals surface area contributed by atoms with Crippen LogP contribution in [-0.4, -0.2) is 0 Å². The zero-order valence-electron chi connectivity index (χ0n) is 26.5. The predicted molar refractivity (Wildman–Crippen MR) is 206 cm³/mol. The van der Waals surface area contributed by atoms with E-state index in [2.05, 4.69) is 216 Å². The molecule has 0 aliphatic heterocycles. The minimum Gasteiger partial charge on any atom is -0.311 e. The number of fused-ring (bicyclic) bond motifs is 2. The van der Waals surface area contributed by atoms with Gasteiger partial charge in [-0.25, -0.2) is 0 Å². The number of hydrogen-bond donors (Lipinski definition) is 0. The molecule has 0 fully saturated rings. The lowest BCUT2D eigenvalue weighted by atomic mass is 9.93. The maximum Gasteiger partial charge on any atom is 0.0618 e. The van der Waals surface area contributed by atoms with Crippen molar-refractivity contribution < 1.29 is 0 Å². The van der Waals surface area contributed by atoms with Crippen LogP contribution in [0.5, 0.6) is 0 Å². The van der Waals surface area contributed by atoms with E-state index in [-0.39, 0.29) is 0 Å². The molecule has 0 aliphatic carbocycles. The molecule has 0 N–H and O–H groups in total. The lowest BCUT2D eigenvalue weighted by Gasteiger charge is -2.29. The third-order valence-electron chi connectivity index (χ3n) is 8.82. The topological polar surface area (TPSA) is 6.48 Å². The molecule has 0 amide bonds. The maximum atomic E-state index is 2.39. The average Bonchev–Trinajstić information content (AvgIpc) is 3.17.